The van der Waals surface area contributed by atoms with Crippen molar-refractivity contribution in [3.8, 4) is 0 Å². The maximum atomic E-state index is 13.9. The Morgan fingerprint density at radius 3 is 2.86 bits per heavy atom. The predicted molar refractivity (Wildman–Crippen MR) is 79.1 cm³/mol. The maximum Gasteiger partial charge on any atom is 0.233 e. The highest BCUT2D eigenvalue weighted by Crippen LogP contribution is 2.39. The summed E-state index contributed by atoms with van der Waals surface area (Å²) in [6.45, 7) is 0.337. The van der Waals surface area contributed by atoms with E-state index in [4.69, 9.17) is 0 Å². The minimum Gasteiger partial charge on any atom is -0.353 e. The van der Waals surface area contributed by atoms with E-state index in [1.807, 2.05) is 0 Å². The molecule has 1 saturated heterocycles. The van der Waals surface area contributed by atoms with Gasteiger partial charge in [-0.1, -0.05) is 18.2 Å². The Kier molecular flexibility index (Phi) is 4.14. The van der Waals surface area contributed by atoms with Gasteiger partial charge in [-0.2, -0.15) is 0 Å². The Bertz CT molecular complexity index is 562. The number of hydrogen-bond donors (Lipinski definition) is 1. The Hall–Kier alpha value is -1.56. The topological polar surface area (TPSA) is 49.4 Å². The first-order chi connectivity index (χ1) is 10.1. The molecule has 6 heteroatoms. The van der Waals surface area contributed by atoms with Gasteiger partial charge in [-0.05, 0) is 18.9 Å². The number of hydrogen-bond acceptors (Lipinski definition) is 3. The first-order valence-corrected chi connectivity index (χ1v) is 8.15. The summed E-state index contributed by atoms with van der Waals surface area (Å²) < 4.78 is 13.9. The van der Waals surface area contributed by atoms with Gasteiger partial charge in [0.05, 0.1) is 5.75 Å². The zero-order valence-electron chi connectivity index (χ0n) is 11.5. The van der Waals surface area contributed by atoms with E-state index < -0.39 is 0 Å². The molecule has 1 heterocycles. The lowest BCUT2D eigenvalue weighted by molar-refractivity contribution is -0.129. The molecule has 1 N–H and O–H groups in total. The minimum absolute atomic E-state index is 0.0329. The standard InChI is InChI=1S/C15H17FN2O2S/c16-12-4-2-1-3-11(12)15-18(14(20)9-21-15)8-7-13(19)17-10-5-6-10/h1-4,10,15H,5-9H2,(H,17,19)/t15-/m0/s1. The van der Waals surface area contributed by atoms with Gasteiger partial charge in [0.15, 0.2) is 0 Å². The van der Waals surface area contributed by atoms with Crippen molar-refractivity contribution in [3.63, 3.8) is 0 Å². The minimum atomic E-state index is -0.326. The number of carbonyl (C=O) groups is 2. The second-order valence-corrected chi connectivity index (χ2v) is 6.43. The molecule has 0 radical (unpaired) electrons. The Morgan fingerprint density at radius 1 is 1.38 bits per heavy atom. The molecule has 21 heavy (non-hydrogen) atoms. The van der Waals surface area contributed by atoms with E-state index in [9.17, 15) is 14.0 Å². The molecule has 1 aliphatic carbocycles. The zero-order valence-corrected chi connectivity index (χ0v) is 12.4. The molecule has 0 bridgehead atoms. The fourth-order valence-corrected chi connectivity index (χ4v) is 3.62. The number of nitrogens with zero attached hydrogens (tertiary/aromatic N) is 1. The Morgan fingerprint density at radius 2 is 2.14 bits per heavy atom. The molecule has 0 spiro atoms. The fourth-order valence-electron chi connectivity index (χ4n) is 2.38. The molecular formula is C15H17FN2O2S. The smallest absolute Gasteiger partial charge is 0.233 e. The highest BCUT2D eigenvalue weighted by Gasteiger charge is 2.34. The van der Waals surface area contributed by atoms with Gasteiger partial charge in [0.25, 0.3) is 0 Å². The maximum absolute atomic E-state index is 13.9. The van der Waals surface area contributed by atoms with E-state index >= 15 is 0 Å². The van der Waals surface area contributed by atoms with Crippen LogP contribution in [-0.4, -0.2) is 35.1 Å². The molecule has 4 nitrogen and oxygen atoms in total. The zero-order chi connectivity index (χ0) is 14.8. The highest BCUT2D eigenvalue weighted by molar-refractivity contribution is 8.00. The normalized spacial score (nSPS) is 21.7. The third kappa shape index (κ3) is 3.37. The summed E-state index contributed by atoms with van der Waals surface area (Å²) in [5, 5.41) is 2.57. The van der Waals surface area contributed by atoms with Crippen LogP contribution in [-0.2, 0) is 9.59 Å². The first-order valence-electron chi connectivity index (χ1n) is 7.10. The van der Waals surface area contributed by atoms with Crippen LogP contribution >= 0.6 is 11.8 Å². The largest absolute Gasteiger partial charge is 0.353 e. The van der Waals surface area contributed by atoms with Crippen molar-refractivity contribution in [2.45, 2.75) is 30.7 Å². The van der Waals surface area contributed by atoms with Gasteiger partial charge in [-0.25, -0.2) is 4.39 Å². The molecule has 1 aromatic carbocycles. The van der Waals surface area contributed by atoms with E-state index in [0.29, 0.717) is 23.9 Å². The van der Waals surface area contributed by atoms with Crippen molar-refractivity contribution in [1.82, 2.24) is 10.2 Å². The number of thioether (sulfide) groups is 1. The van der Waals surface area contributed by atoms with Crippen LogP contribution in [0.5, 0.6) is 0 Å². The number of amides is 2. The van der Waals surface area contributed by atoms with Crippen molar-refractivity contribution >= 4 is 23.6 Å². The molecule has 1 saturated carbocycles. The van der Waals surface area contributed by atoms with Crippen LogP contribution in [0.1, 0.15) is 30.2 Å². The molecule has 2 fully saturated rings. The monoisotopic (exact) mass is 308 g/mol. The summed E-state index contributed by atoms with van der Waals surface area (Å²) in [6, 6.07) is 6.82. The quantitative estimate of drug-likeness (QED) is 0.906. The summed E-state index contributed by atoms with van der Waals surface area (Å²) in [7, 11) is 0. The number of benzene rings is 1. The summed E-state index contributed by atoms with van der Waals surface area (Å²) in [5.74, 6) is -0.0393. The third-order valence-electron chi connectivity index (χ3n) is 3.66. The van der Waals surface area contributed by atoms with Gasteiger partial charge in [0, 0.05) is 24.6 Å². The second kappa shape index (κ2) is 6.05. The summed E-state index contributed by atoms with van der Waals surface area (Å²) in [5.41, 5.74) is 0.510. The van der Waals surface area contributed by atoms with Gasteiger partial charge in [-0.15, -0.1) is 11.8 Å². The van der Waals surface area contributed by atoms with E-state index in [1.54, 1.807) is 23.1 Å². The van der Waals surface area contributed by atoms with E-state index in [0.717, 1.165) is 12.8 Å². The third-order valence-corrected chi connectivity index (χ3v) is 4.90. The summed E-state index contributed by atoms with van der Waals surface area (Å²) >= 11 is 1.41. The average molecular weight is 308 g/mol. The van der Waals surface area contributed by atoms with Crippen LogP contribution in [0, 0.1) is 5.82 Å². The highest BCUT2D eigenvalue weighted by atomic mass is 32.2. The number of carbonyl (C=O) groups excluding carboxylic acids is 2. The van der Waals surface area contributed by atoms with Crippen LogP contribution < -0.4 is 5.32 Å². The van der Waals surface area contributed by atoms with Crippen LogP contribution in [0.2, 0.25) is 0 Å². The summed E-state index contributed by atoms with van der Waals surface area (Å²) in [4.78, 5) is 25.3. The predicted octanol–water partition coefficient (Wildman–Crippen LogP) is 2.07. The molecule has 1 aromatic rings. The lowest BCUT2D eigenvalue weighted by atomic mass is 10.2. The van der Waals surface area contributed by atoms with Crippen molar-refractivity contribution in [3.05, 3.63) is 35.6 Å². The first kappa shape index (κ1) is 14.4. The van der Waals surface area contributed by atoms with Gasteiger partial charge in [0.1, 0.15) is 11.2 Å². The number of nitrogens with one attached hydrogen (secondary N) is 1. The van der Waals surface area contributed by atoms with Gasteiger partial charge in [0.2, 0.25) is 11.8 Å². The fraction of sp³-hybridized carbons (Fsp3) is 0.467. The number of halogens is 1. The van der Waals surface area contributed by atoms with Gasteiger partial charge in [-0.3, -0.25) is 9.59 Å². The molecule has 1 aliphatic heterocycles. The number of rotatable bonds is 5. The lowest BCUT2D eigenvalue weighted by Crippen LogP contribution is -2.34. The van der Waals surface area contributed by atoms with Crippen molar-refractivity contribution in [2.75, 3.05) is 12.3 Å². The van der Waals surface area contributed by atoms with Crippen LogP contribution in [0.4, 0.5) is 4.39 Å². The van der Waals surface area contributed by atoms with Crippen LogP contribution in [0.25, 0.3) is 0 Å². The van der Waals surface area contributed by atoms with Gasteiger partial charge >= 0.3 is 0 Å². The molecule has 112 valence electrons. The van der Waals surface area contributed by atoms with E-state index in [1.165, 1.54) is 17.8 Å². The molecule has 2 aliphatic rings. The van der Waals surface area contributed by atoms with Crippen molar-refractivity contribution < 1.29 is 14.0 Å². The van der Waals surface area contributed by atoms with E-state index in [2.05, 4.69) is 5.32 Å². The molecule has 0 unspecified atom stereocenters. The van der Waals surface area contributed by atoms with E-state index in [-0.39, 0.29) is 29.4 Å². The molecular weight excluding hydrogens is 291 g/mol. The molecule has 3 rings (SSSR count). The van der Waals surface area contributed by atoms with Crippen molar-refractivity contribution in [1.29, 1.82) is 0 Å². The molecule has 2 amide bonds. The SMILES string of the molecule is O=C(CCN1C(=O)CS[C@H]1c1ccccc1F)NC1CC1. The molecule has 1 atom stereocenters. The summed E-state index contributed by atoms with van der Waals surface area (Å²) in [6.07, 6.45) is 2.36. The Balaban J connectivity index is 1.65. The molecule has 0 aromatic heterocycles. The Labute approximate surface area is 127 Å². The lowest BCUT2D eigenvalue weighted by Gasteiger charge is -2.24. The average Bonchev–Trinajstić information content (AvgIpc) is 3.20. The second-order valence-electron chi connectivity index (χ2n) is 5.36. The van der Waals surface area contributed by atoms with Crippen LogP contribution in [0.15, 0.2) is 24.3 Å². The van der Waals surface area contributed by atoms with Crippen LogP contribution in [0.3, 0.4) is 0 Å². The van der Waals surface area contributed by atoms with Crippen molar-refractivity contribution in [2.24, 2.45) is 0 Å². The van der Waals surface area contributed by atoms with Gasteiger partial charge < -0.3 is 10.2 Å².